The van der Waals surface area contributed by atoms with Crippen molar-refractivity contribution in [1.29, 1.82) is 0 Å². The van der Waals surface area contributed by atoms with Gasteiger partial charge in [0, 0.05) is 12.5 Å². The van der Waals surface area contributed by atoms with E-state index < -0.39 is 0 Å². The second kappa shape index (κ2) is 5.24. The van der Waals surface area contributed by atoms with Crippen molar-refractivity contribution in [2.75, 3.05) is 13.7 Å². The minimum atomic E-state index is 0.173. The van der Waals surface area contributed by atoms with E-state index in [-0.39, 0.29) is 11.8 Å². The number of carbonyl (C=O) groups excluding carboxylic acids is 1. The molecule has 0 aromatic heterocycles. The van der Waals surface area contributed by atoms with Gasteiger partial charge in [-0.3, -0.25) is 4.79 Å². The summed E-state index contributed by atoms with van der Waals surface area (Å²) in [6, 6.07) is 8.07. The van der Waals surface area contributed by atoms with Crippen LogP contribution >= 0.6 is 0 Å². The Balaban J connectivity index is 1.52. The lowest BCUT2D eigenvalue weighted by Crippen LogP contribution is -2.33. The van der Waals surface area contributed by atoms with E-state index >= 15 is 0 Å². The number of hydrogen-bond donors (Lipinski definition) is 1. The van der Waals surface area contributed by atoms with E-state index in [9.17, 15) is 4.79 Å². The molecule has 19 heavy (non-hydrogen) atoms. The van der Waals surface area contributed by atoms with E-state index in [0.717, 1.165) is 24.6 Å². The Kier molecular flexibility index (Phi) is 3.45. The van der Waals surface area contributed by atoms with Crippen LogP contribution in [-0.2, 0) is 4.79 Å². The average molecular weight is 259 g/mol. The number of benzene rings is 1. The first-order valence-electron chi connectivity index (χ1n) is 7.19. The van der Waals surface area contributed by atoms with E-state index in [1.165, 1.54) is 24.8 Å². The highest BCUT2D eigenvalue weighted by Gasteiger charge is 2.44. The van der Waals surface area contributed by atoms with Crippen LogP contribution in [0.2, 0.25) is 0 Å². The maximum Gasteiger partial charge on any atom is 0.223 e. The summed E-state index contributed by atoms with van der Waals surface area (Å²) >= 11 is 0. The SMILES string of the molecule is COc1cccc(C2CC2C(=O)NCC2CCC2)c1. The quantitative estimate of drug-likeness (QED) is 0.883. The number of ether oxygens (including phenoxy) is 1. The van der Waals surface area contributed by atoms with Crippen LogP contribution in [0, 0.1) is 11.8 Å². The largest absolute Gasteiger partial charge is 0.497 e. The highest BCUT2D eigenvalue weighted by Crippen LogP contribution is 2.48. The minimum Gasteiger partial charge on any atom is -0.497 e. The number of amides is 1. The predicted molar refractivity (Wildman–Crippen MR) is 74.2 cm³/mol. The fraction of sp³-hybridized carbons (Fsp3) is 0.562. The smallest absolute Gasteiger partial charge is 0.223 e. The van der Waals surface area contributed by atoms with Crippen LogP contribution < -0.4 is 10.1 Å². The molecular formula is C16H21NO2. The zero-order chi connectivity index (χ0) is 13.2. The highest BCUT2D eigenvalue weighted by atomic mass is 16.5. The summed E-state index contributed by atoms with van der Waals surface area (Å²) in [7, 11) is 1.68. The van der Waals surface area contributed by atoms with Gasteiger partial charge in [0.15, 0.2) is 0 Å². The van der Waals surface area contributed by atoms with Crippen LogP contribution in [0.3, 0.4) is 0 Å². The van der Waals surface area contributed by atoms with Crippen LogP contribution in [0.4, 0.5) is 0 Å². The summed E-state index contributed by atoms with van der Waals surface area (Å²) in [5.41, 5.74) is 1.23. The molecule has 2 saturated carbocycles. The van der Waals surface area contributed by atoms with Crippen LogP contribution in [0.5, 0.6) is 5.75 Å². The standard InChI is InChI=1S/C16H21NO2/c1-19-13-7-3-6-12(8-13)14-9-15(14)16(18)17-10-11-4-2-5-11/h3,6-8,11,14-15H,2,4-5,9-10H2,1H3,(H,17,18). The van der Waals surface area contributed by atoms with Gasteiger partial charge in [0.05, 0.1) is 7.11 Å². The van der Waals surface area contributed by atoms with Crippen molar-refractivity contribution in [1.82, 2.24) is 5.32 Å². The first kappa shape index (κ1) is 12.5. The Morgan fingerprint density at radius 1 is 1.42 bits per heavy atom. The molecule has 1 aromatic carbocycles. The van der Waals surface area contributed by atoms with E-state index in [0.29, 0.717) is 5.92 Å². The molecule has 3 heteroatoms. The maximum absolute atomic E-state index is 12.0. The van der Waals surface area contributed by atoms with Crippen molar-refractivity contribution in [3.8, 4) is 5.75 Å². The molecule has 3 nitrogen and oxygen atoms in total. The third-order valence-corrected chi connectivity index (χ3v) is 4.44. The van der Waals surface area contributed by atoms with Crippen molar-refractivity contribution in [3.05, 3.63) is 29.8 Å². The van der Waals surface area contributed by atoms with Crippen molar-refractivity contribution in [2.45, 2.75) is 31.6 Å². The first-order chi connectivity index (χ1) is 9.28. The van der Waals surface area contributed by atoms with E-state index in [4.69, 9.17) is 4.74 Å². The fourth-order valence-corrected chi connectivity index (χ4v) is 2.80. The Bertz CT molecular complexity index is 468. The topological polar surface area (TPSA) is 38.3 Å². The molecular weight excluding hydrogens is 238 g/mol. The van der Waals surface area contributed by atoms with Gasteiger partial charge >= 0.3 is 0 Å². The lowest BCUT2D eigenvalue weighted by atomic mass is 9.85. The summed E-state index contributed by atoms with van der Waals surface area (Å²) in [5.74, 6) is 2.40. The predicted octanol–water partition coefficient (Wildman–Crippen LogP) is 2.72. The molecule has 0 heterocycles. The lowest BCUT2D eigenvalue weighted by Gasteiger charge is -2.25. The third kappa shape index (κ3) is 2.75. The molecule has 0 aliphatic heterocycles. The van der Waals surface area contributed by atoms with Gasteiger partial charge in [-0.05, 0) is 48.8 Å². The van der Waals surface area contributed by atoms with Crippen LogP contribution in [-0.4, -0.2) is 19.6 Å². The second-order valence-corrected chi connectivity index (χ2v) is 5.77. The minimum absolute atomic E-state index is 0.173. The zero-order valence-corrected chi connectivity index (χ0v) is 11.4. The van der Waals surface area contributed by atoms with Gasteiger partial charge in [0.1, 0.15) is 5.75 Å². The summed E-state index contributed by atoms with van der Waals surface area (Å²) in [5, 5.41) is 3.10. The van der Waals surface area contributed by atoms with Crippen LogP contribution in [0.15, 0.2) is 24.3 Å². The van der Waals surface area contributed by atoms with Crippen molar-refractivity contribution in [3.63, 3.8) is 0 Å². The third-order valence-electron chi connectivity index (χ3n) is 4.44. The molecule has 0 saturated heterocycles. The van der Waals surface area contributed by atoms with Gasteiger partial charge in [-0.25, -0.2) is 0 Å². The van der Waals surface area contributed by atoms with Gasteiger partial charge in [-0.2, -0.15) is 0 Å². The number of rotatable bonds is 5. The maximum atomic E-state index is 12.0. The Hall–Kier alpha value is -1.51. The molecule has 2 unspecified atom stereocenters. The number of carbonyl (C=O) groups is 1. The molecule has 2 atom stereocenters. The van der Waals surface area contributed by atoms with Gasteiger partial charge in [0.2, 0.25) is 5.91 Å². The molecule has 102 valence electrons. The van der Waals surface area contributed by atoms with Gasteiger partial charge in [0.25, 0.3) is 0 Å². The number of hydrogen-bond acceptors (Lipinski definition) is 2. The van der Waals surface area contributed by atoms with Crippen molar-refractivity contribution in [2.24, 2.45) is 11.8 Å². The van der Waals surface area contributed by atoms with Gasteiger partial charge < -0.3 is 10.1 Å². The van der Waals surface area contributed by atoms with Crippen molar-refractivity contribution >= 4 is 5.91 Å². The molecule has 0 spiro atoms. The van der Waals surface area contributed by atoms with Gasteiger partial charge in [-0.15, -0.1) is 0 Å². The van der Waals surface area contributed by atoms with E-state index in [1.54, 1.807) is 7.11 Å². The number of nitrogens with one attached hydrogen (secondary N) is 1. The fourth-order valence-electron chi connectivity index (χ4n) is 2.80. The van der Waals surface area contributed by atoms with Gasteiger partial charge in [-0.1, -0.05) is 18.6 Å². The van der Waals surface area contributed by atoms with E-state index in [1.807, 2.05) is 18.2 Å². The summed E-state index contributed by atoms with van der Waals surface area (Å²) < 4.78 is 5.23. The summed E-state index contributed by atoms with van der Waals surface area (Å²) in [4.78, 5) is 12.0. The monoisotopic (exact) mass is 259 g/mol. The Morgan fingerprint density at radius 2 is 2.26 bits per heavy atom. The zero-order valence-electron chi connectivity index (χ0n) is 11.4. The Morgan fingerprint density at radius 3 is 2.95 bits per heavy atom. The molecule has 2 fully saturated rings. The average Bonchev–Trinajstić information content (AvgIpc) is 3.17. The van der Waals surface area contributed by atoms with Crippen LogP contribution in [0.1, 0.15) is 37.2 Å². The normalized spacial score (nSPS) is 25.5. The van der Waals surface area contributed by atoms with Crippen LogP contribution in [0.25, 0.3) is 0 Å². The highest BCUT2D eigenvalue weighted by molar-refractivity contribution is 5.82. The summed E-state index contributed by atoms with van der Waals surface area (Å²) in [6.45, 7) is 0.875. The molecule has 3 rings (SSSR count). The first-order valence-corrected chi connectivity index (χ1v) is 7.19. The molecule has 0 bridgehead atoms. The molecule has 0 radical (unpaired) electrons. The number of methoxy groups -OCH3 is 1. The molecule has 2 aliphatic carbocycles. The summed E-state index contributed by atoms with van der Waals surface area (Å²) in [6.07, 6.45) is 4.87. The molecule has 2 aliphatic rings. The Labute approximate surface area is 114 Å². The van der Waals surface area contributed by atoms with E-state index in [2.05, 4.69) is 11.4 Å². The lowest BCUT2D eigenvalue weighted by molar-refractivity contribution is -0.122. The molecule has 1 aromatic rings. The molecule has 1 N–H and O–H groups in total. The van der Waals surface area contributed by atoms with Crippen molar-refractivity contribution < 1.29 is 9.53 Å². The molecule has 1 amide bonds. The second-order valence-electron chi connectivity index (χ2n) is 5.77.